The first-order chi connectivity index (χ1) is 10.2. The Bertz CT molecular complexity index is 727. The molecular formula is C16H12BrClN2O. The molecule has 0 radical (unpaired) electrons. The van der Waals surface area contributed by atoms with Crippen LogP contribution in [0.4, 0.5) is 5.69 Å². The van der Waals surface area contributed by atoms with Crippen LogP contribution in [0.1, 0.15) is 11.1 Å². The zero-order valence-electron chi connectivity index (χ0n) is 11.1. The summed E-state index contributed by atoms with van der Waals surface area (Å²) in [6, 6.07) is 13.3. The number of halogens is 2. The maximum Gasteiger partial charge on any atom is 0.123 e. The molecule has 3 rings (SSSR count). The highest BCUT2D eigenvalue weighted by molar-refractivity contribution is 9.10. The Kier molecular flexibility index (Phi) is 4.05. The third kappa shape index (κ3) is 3.15. The van der Waals surface area contributed by atoms with Crippen molar-refractivity contribution >= 4 is 33.2 Å². The minimum absolute atomic E-state index is 0.0843. The normalized spacial score (nSPS) is 16.0. The number of ether oxygens (including phenoxy) is 1. The van der Waals surface area contributed by atoms with Gasteiger partial charge < -0.3 is 10.1 Å². The molecule has 0 spiro atoms. The minimum atomic E-state index is 0.0843. The van der Waals surface area contributed by atoms with Crippen molar-refractivity contribution in [3.05, 3.63) is 57.0 Å². The van der Waals surface area contributed by atoms with Gasteiger partial charge in [0.25, 0.3) is 0 Å². The van der Waals surface area contributed by atoms with Crippen LogP contribution in [0.5, 0.6) is 5.75 Å². The number of hydrogen-bond donors (Lipinski definition) is 1. The second-order valence-corrected chi connectivity index (χ2v) is 6.21. The van der Waals surface area contributed by atoms with E-state index in [2.05, 4.69) is 33.4 Å². The Morgan fingerprint density at radius 3 is 2.95 bits per heavy atom. The molecule has 1 aliphatic rings. The van der Waals surface area contributed by atoms with E-state index in [0.717, 1.165) is 22.3 Å². The van der Waals surface area contributed by atoms with E-state index in [-0.39, 0.29) is 6.10 Å². The first-order valence-corrected chi connectivity index (χ1v) is 7.71. The van der Waals surface area contributed by atoms with Crippen LogP contribution in [0.3, 0.4) is 0 Å². The fourth-order valence-electron chi connectivity index (χ4n) is 2.35. The minimum Gasteiger partial charge on any atom is -0.488 e. The lowest BCUT2D eigenvalue weighted by Gasteiger charge is -2.14. The van der Waals surface area contributed by atoms with Gasteiger partial charge in [-0.2, -0.15) is 5.26 Å². The molecule has 2 aromatic rings. The third-order valence-corrected chi connectivity index (χ3v) is 4.19. The molecule has 0 aliphatic carbocycles. The Hall–Kier alpha value is -1.70. The molecule has 106 valence electrons. The Morgan fingerprint density at radius 2 is 2.19 bits per heavy atom. The molecule has 0 saturated carbocycles. The van der Waals surface area contributed by atoms with E-state index in [0.29, 0.717) is 17.1 Å². The van der Waals surface area contributed by atoms with Crippen molar-refractivity contribution in [3.63, 3.8) is 0 Å². The molecule has 2 aromatic carbocycles. The summed E-state index contributed by atoms with van der Waals surface area (Å²) in [6.45, 7) is 0.665. The second-order valence-electron chi connectivity index (χ2n) is 4.88. The van der Waals surface area contributed by atoms with Crippen molar-refractivity contribution in [2.75, 3.05) is 11.9 Å². The van der Waals surface area contributed by atoms with Gasteiger partial charge >= 0.3 is 0 Å². The number of fused-ring (bicyclic) bond motifs is 1. The standard InChI is InChI=1S/C16H12BrClN2O/c17-12-2-4-16-11(6-12)7-13(21-16)9-20-15-3-1-10(8-19)5-14(15)18/h1-6,13,20H,7,9H2. The van der Waals surface area contributed by atoms with E-state index < -0.39 is 0 Å². The molecule has 1 atom stereocenters. The molecule has 0 bridgehead atoms. The smallest absolute Gasteiger partial charge is 0.123 e. The van der Waals surface area contributed by atoms with E-state index in [1.165, 1.54) is 5.56 Å². The number of nitrogens with zero attached hydrogens (tertiary/aromatic N) is 1. The summed E-state index contributed by atoms with van der Waals surface area (Å²) in [7, 11) is 0. The van der Waals surface area contributed by atoms with Gasteiger partial charge in [0.2, 0.25) is 0 Å². The van der Waals surface area contributed by atoms with Crippen molar-refractivity contribution < 1.29 is 4.74 Å². The van der Waals surface area contributed by atoms with Gasteiger partial charge in [0.1, 0.15) is 11.9 Å². The number of hydrogen-bond acceptors (Lipinski definition) is 3. The molecule has 0 amide bonds. The molecule has 0 aromatic heterocycles. The van der Waals surface area contributed by atoms with E-state index in [9.17, 15) is 0 Å². The van der Waals surface area contributed by atoms with Crippen LogP contribution in [0.25, 0.3) is 0 Å². The highest BCUT2D eigenvalue weighted by Gasteiger charge is 2.22. The van der Waals surface area contributed by atoms with E-state index in [4.69, 9.17) is 21.6 Å². The summed E-state index contributed by atoms with van der Waals surface area (Å²) in [6.07, 6.45) is 0.955. The van der Waals surface area contributed by atoms with Gasteiger partial charge in [-0.05, 0) is 42.0 Å². The van der Waals surface area contributed by atoms with Crippen LogP contribution in [-0.2, 0) is 6.42 Å². The monoisotopic (exact) mass is 362 g/mol. The maximum atomic E-state index is 8.83. The van der Waals surface area contributed by atoms with Gasteiger partial charge in [-0.3, -0.25) is 0 Å². The summed E-state index contributed by atoms with van der Waals surface area (Å²) in [5.41, 5.74) is 2.58. The molecule has 21 heavy (non-hydrogen) atoms. The van der Waals surface area contributed by atoms with E-state index in [1.54, 1.807) is 12.1 Å². The summed E-state index contributed by atoms with van der Waals surface area (Å²) in [4.78, 5) is 0. The van der Waals surface area contributed by atoms with Crippen molar-refractivity contribution in [2.45, 2.75) is 12.5 Å². The lowest BCUT2D eigenvalue weighted by atomic mass is 10.1. The Morgan fingerprint density at radius 1 is 1.33 bits per heavy atom. The zero-order valence-corrected chi connectivity index (χ0v) is 13.4. The lowest BCUT2D eigenvalue weighted by molar-refractivity contribution is 0.246. The van der Waals surface area contributed by atoms with E-state index in [1.807, 2.05) is 18.2 Å². The van der Waals surface area contributed by atoms with Gasteiger partial charge in [0.15, 0.2) is 0 Å². The zero-order chi connectivity index (χ0) is 14.8. The number of rotatable bonds is 3. The molecule has 0 fully saturated rings. The number of anilines is 1. The maximum absolute atomic E-state index is 8.83. The summed E-state index contributed by atoms with van der Waals surface area (Å²) in [5, 5.41) is 12.7. The lowest BCUT2D eigenvalue weighted by Crippen LogP contribution is -2.24. The van der Waals surface area contributed by atoms with Crippen LogP contribution in [0.2, 0.25) is 5.02 Å². The van der Waals surface area contributed by atoms with Crippen molar-refractivity contribution in [1.29, 1.82) is 5.26 Å². The first-order valence-electron chi connectivity index (χ1n) is 6.54. The molecule has 5 heteroatoms. The molecule has 1 unspecified atom stereocenters. The molecule has 1 N–H and O–H groups in total. The average Bonchev–Trinajstić information content (AvgIpc) is 2.87. The number of nitriles is 1. The van der Waals surface area contributed by atoms with Crippen LogP contribution in [0.15, 0.2) is 40.9 Å². The van der Waals surface area contributed by atoms with Gasteiger partial charge in [-0.1, -0.05) is 27.5 Å². The highest BCUT2D eigenvalue weighted by Crippen LogP contribution is 2.31. The quantitative estimate of drug-likeness (QED) is 0.879. The Labute approximate surface area is 136 Å². The van der Waals surface area contributed by atoms with Gasteiger partial charge in [-0.25, -0.2) is 0 Å². The van der Waals surface area contributed by atoms with Crippen LogP contribution >= 0.6 is 27.5 Å². The molecular weight excluding hydrogens is 352 g/mol. The predicted molar refractivity (Wildman–Crippen MR) is 86.9 cm³/mol. The van der Waals surface area contributed by atoms with Crippen molar-refractivity contribution in [1.82, 2.24) is 0 Å². The molecule has 3 nitrogen and oxygen atoms in total. The predicted octanol–water partition coefficient (Wildman–Crippen LogP) is 4.39. The van der Waals surface area contributed by atoms with Gasteiger partial charge in [0, 0.05) is 10.9 Å². The number of benzene rings is 2. The molecule has 1 aliphatic heterocycles. The second kappa shape index (κ2) is 5.97. The van der Waals surface area contributed by atoms with Crippen molar-refractivity contribution in [3.8, 4) is 11.8 Å². The average molecular weight is 364 g/mol. The van der Waals surface area contributed by atoms with Gasteiger partial charge in [-0.15, -0.1) is 0 Å². The fraction of sp³-hybridized carbons (Fsp3) is 0.188. The van der Waals surface area contributed by atoms with Crippen LogP contribution in [-0.4, -0.2) is 12.6 Å². The van der Waals surface area contributed by atoms with Gasteiger partial charge in [0.05, 0.1) is 28.9 Å². The largest absolute Gasteiger partial charge is 0.488 e. The SMILES string of the molecule is N#Cc1ccc(NCC2Cc3cc(Br)ccc3O2)c(Cl)c1. The molecule has 0 saturated heterocycles. The third-order valence-electron chi connectivity index (χ3n) is 3.38. The fourth-order valence-corrected chi connectivity index (χ4v) is 3.01. The highest BCUT2D eigenvalue weighted by atomic mass is 79.9. The van der Waals surface area contributed by atoms with Crippen molar-refractivity contribution in [2.24, 2.45) is 0 Å². The topological polar surface area (TPSA) is 45.0 Å². The Balaban J connectivity index is 1.64. The van der Waals surface area contributed by atoms with Crippen LogP contribution in [0, 0.1) is 11.3 Å². The first kappa shape index (κ1) is 14.2. The molecule has 1 heterocycles. The summed E-state index contributed by atoms with van der Waals surface area (Å²) in [5.74, 6) is 0.941. The summed E-state index contributed by atoms with van der Waals surface area (Å²) < 4.78 is 6.95. The summed E-state index contributed by atoms with van der Waals surface area (Å²) >= 11 is 9.61. The van der Waals surface area contributed by atoms with Crippen LogP contribution < -0.4 is 10.1 Å². The van der Waals surface area contributed by atoms with E-state index >= 15 is 0 Å². The number of nitrogens with one attached hydrogen (secondary N) is 1.